The van der Waals surface area contributed by atoms with E-state index in [1.54, 1.807) is 0 Å². The fraction of sp³-hybridized carbons (Fsp3) is 0.900. The third-order valence-electron chi connectivity index (χ3n) is 2.85. The Morgan fingerprint density at radius 3 is 2.73 bits per heavy atom. The van der Waals surface area contributed by atoms with Gasteiger partial charge in [-0.1, -0.05) is 19.8 Å². The maximum absolute atomic E-state index is 11.6. The van der Waals surface area contributed by atoms with Gasteiger partial charge in [0.1, 0.15) is 0 Å². The molecular weight excluding hydrogens is 192 g/mol. The summed E-state index contributed by atoms with van der Waals surface area (Å²) in [5.41, 5.74) is 5.93. The summed E-state index contributed by atoms with van der Waals surface area (Å²) in [6.07, 6.45) is 5.11. The Labute approximate surface area is 91.1 Å². The zero-order valence-corrected chi connectivity index (χ0v) is 9.41. The van der Waals surface area contributed by atoms with Gasteiger partial charge in [0.25, 0.3) is 0 Å². The highest BCUT2D eigenvalue weighted by Crippen LogP contribution is 2.16. The van der Waals surface area contributed by atoms with E-state index in [0.717, 1.165) is 32.1 Å². The molecule has 5 N–H and O–H groups in total. The predicted octanol–water partition coefficient (Wildman–Crippen LogP) is 0.552. The van der Waals surface area contributed by atoms with Crippen molar-refractivity contribution in [3.8, 4) is 0 Å². The van der Waals surface area contributed by atoms with Gasteiger partial charge >= 0.3 is 6.03 Å². The number of nitrogens with one attached hydrogen (secondary N) is 1. The second-order valence-corrected chi connectivity index (χ2v) is 4.20. The third-order valence-corrected chi connectivity index (χ3v) is 2.85. The van der Waals surface area contributed by atoms with Crippen LogP contribution in [0.15, 0.2) is 0 Å². The highest BCUT2D eigenvalue weighted by molar-refractivity contribution is 5.73. The van der Waals surface area contributed by atoms with Crippen molar-refractivity contribution in [3.63, 3.8) is 0 Å². The maximum Gasteiger partial charge on any atom is 0.331 e. The second kappa shape index (κ2) is 5.92. The van der Waals surface area contributed by atoms with Gasteiger partial charge < -0.3 is 11.1 Å². The van der Waals surface area contributed by atoms with Gasteiger partial charge in [0.05, 0.1) is 0 Å². The normalized spacial score (nSPS) is 26.1. The van der Waals surface area contributed by atoms with Crippen LogP contribution in [0.25, 0.3) is 0 Å². The minimum Gasteiger partial charge on any atom is -0.333 e. The van der Waals surface area contributed by atoms with Gasteiger partial charge in [0.15, 0.2) is 0 Å². The van der Waals surface area contributed by atoms with Crippen molar-refractivity contribution in [1.29, 1.82) is 0 Å². The van der Waals surface area contributed by atoms with Crippen LogP contribution >= 0.6 is 0 Å². The first-order chi connectivity index (χ1) is 7.15. The molecule has 0 bridgehead atoms. The van der Waals surface area contributed by atoms with Crippen molar-refractivity contribution in [2.75, 3.05) is 6.54 Å². The number of hydrogen-bond acceptors (Lipinski definition) is 3. The standard InChI is InChI=1S/C10H22N4O/c1-2-7-14(12)10(15)13-9-6-4-3-5-8(9)11/h8-9H,2-7,11-12H2,1H3,(H,13,15). The molecular formula is C10H22N4O. The monoisotopic (exact) mass is 214 g/mol. The molecule has 1 aliphatic rings. The highest BCUT2D eigenvalue weighted by Gasteiger charge is 2.24. The molecule has 0 heterocycles. The van der Waals surface area contributed by atoms with Gasteiger partial charge in [-0.05, 0) is 19.3 Å². The van der Waals surface area contributed by atoms with Crippen molar-refractivity contribution in [3.05, 3.63) is 0 Å². The maximum atomic E-state index is 11.6. The van der Waals surface area contributed by atoms with Gasteiger partial charge in [0, 0.05) is 18.6 Å². The Bertz CT molecular complexity index is 210. The third kappa shape index (κ3) is 3.68. The van der Waals surface area contributed by atoms with E-state index in [9.17, 15) is 4.79 Å². The molecule has 0 aromatic heterocycles. The van der Waals surface area contributed by atoms with Gasteiger partial charge in [-0.15, -0.1) is 0 Å². The minimum absolute atomic E-state index is 0.0812. The summed E-state index contributed by atoms with van der Waals surface area (Å²) in [7, 11) is 0. The summed E-state index contributed by atoms with van der Waals surface area (Å²) in [5.74, 6) is 5.57. The lowest BCUT2D eigenvalue weighted by molar-refractivity contribution is 0.188. The number of urea groups is 1. The molecule has 0 radical (unpaired) electrons. The van der Waals surface area contributed by atoms with Crippen molar-refractivity contribution < 1.29 is 4.79 Å². The number of rotatable bonds is 3. The van der Waals surface area contributed by atoms with Crippen LogP contribution in [-0.4, -0.2) is 29.7 Å². The Morgan fingerprint density at radius 1 is 1.47 bits per heavy atom. The summed E-state index contributed by atoms with van der Waals surface area (Å²) in [4.78, 5) is 11.6. The lowest BCUT2D eigenvalue weighted by Gasteiger charge is -2.30. The molecule has 2 unspecified atom stereocenters. The lowest BCUT2D eigenvalue weighted by atomic mass is 9.91. The topological polar surface area (TPSA) is 84.4 Å². The van der Waals surface area contributed by atoms with Crippen LogP contribution in [-0.2, 0) is 0 Å². The first-order valence-electron chi connectivity index (χ1n) is 5.73. The number of hydrogen-bond donors (Lipinski definition) is 3. The predicted molar refractivity (Wildman–Crippen MR) is 59.9 cm³/mol. The summed E-state index contributed by atoms with van der Waals surface area (Å²) < 4.78 is 0. The van der Waals surface area contributed by atoms with E-state index < -0.39 is 0 Å². The van der Waals surface area contributed by atoms with Crippen LogP contribution in [0.3, 0.4) is 0 Å². The van der Waals surface area contributed by atoms with Crippen LogP contribution in [0, 0.1) is 0 Å². The smallest absolute Gasteiger partial charge is 0.331 e. The van der Waals surface area contributed by atoms with E-state index in [0.29, 0.717) is 6.54 Å². The van der Waals surface area contributed by atoms with Gasteiger partial charge in [-0.3, -0.25) is 5.01 Å². The Kier molecular flexibility index (Phi) is 4.84. The highest BCUT2D eigenvalue weighted by atomic mass is 16.2. The van der Waals surface area contributed by atoms with Crippen LogP contribution < -0.4 is 16.9 Å². The van der Waals surface area contributed by atoms with Crippen molar-refractivity contribution in [2.45, 2.75) is 51.1 Å². The van der Waals surface area contributed by atoms with E-state index in [4.69, 9.17) is 11.6 Å². The fourth-order valence-corrected chi connectivity index (χ4v) is 1.92. The summed E-state index contributed by atoms with van der Waals surface area (Å²) in [5, 5.41) is 4.11. The molecule has 1 fully saturated rings. The molecule has 0 saturated heterocycles. The Morgan fingerprint density at radius 2 is 2.13 bits per heavy atom. The van der Waals surface area contributed by atoms with E-state index >= 15 is 0 Å². The van der Waals surface area contributed by atoms with Crippen molar-refractivity contribution in [1.82, 2.24) is 10.3 Å². The number of nitrogens with zero attached hydrogens (tertiary/aromatic N) is 1. The largest absolute Gasteiger partial charge is 0.333 e. The zero-order chi connectivity index (χ0) is 11.3. The minimum atomic E-state index is -0.209. The molecule has 2 atom stereocenters. The Balaban J connectivity index is 2.35. The SMILES string of the molecule is CCCN(N)C(=O)NC1CCCCC1N. The molecule has 0 aliphatic heterocycles. The van der Waals surface area contributed by atoms with Crippen molar-refractivity contribution >= 4 is 6.03 Å². The fourth-order valence-electron chi connectivity index (χ4n) is 1.92. The molecule has 2 amide bonds. The Hall–Kier alpha value is -0.810. The summed E-state index contributed by atoms with van der Waals surface area (Å²) >= 11 is 0. The molecule has 1 saturated carbocycles. The van der Waals surface area contributed by atoms with Gasteiger partial charge in [0.2, 0.25) is 0 Å². The molecule has 5 nitrogen and oxygen atoms in total. The molecule has 5 heteroatoms. The second-order valence-electron chi connectivity index (χ2n) is 4.20. The molecule has 1 aliphatic carbocycles. The van der Waals surface area contributed by atoms with E-state index in [2.05, 4.69) is 5.32 Å². The summed E-state index contributed by atoms with van der Waals surface area (Å²) in [6.45, 7) is 2.56. The van der Waals surface area contributed by atoms with Crippen LogP contribution in [0.5, 0.6) is 0 Å². The first-order valence-corrected chi connectivity index (χ1v) is 5.73. The zero-order valence-electron chi connectivity index (χ0n) is 9.41. The van der Waals surface area contributed by atoms with E-state index in [1.165, 1.54) is 5.01 Å². The van der Waals surface area contributed by atoms with Gasteiger partial charge in [-0.2, -0.15) is 0 Å². The lowest BCUT2D eigenvalue weighted by Crippen LogP contribution is -2.54. The molecule has 0 spiro atoms. The van der Waals surface area contributed by atoms with Crippen LogP contribution in [0.2, 0.25) is 0 Å². The first kappa shape index (κ1) is 12.3. The molecule has 88 valence electrons. The number of carbonyl (C=O) groups excluding carboxylic acids is 1. The van der Waals surface area contributed by atoms with Crippen LogP contribution in [0.1, 0.15) is 39.0 Å². The average molecular weight is 214 g/mol. The summed E-state index contributed by atoms with van der Waals surface area (Å²) in [6, 6.07) is -0.0360. The van der Waals surface area contributed by atoms with E-state index in [1.807, 2.05) is 6.92 Å². The van der Waals surface area contributed by atoms with Crippen molar-refractivity contribution in [2.24, 2.45) is 11.6 Å². The molecule has 0 aromatic rings. The quantitative estimate of drug-likeness (QED) is 0.364. The molecule has 15 heavy (non-hydrogen) atoms. The average Bonchev–Trinajstić information content (AvgIpc) is 2.21. The number of carbonyl (C=O) groups is 1. The number of amides is 2. The molecule has 1 rings (SSSR count). The van der Waals surface area contributed by atoms with Crippen LogP contribution in [0.4, 0.5) is 4.79 Å². The number of nitrogens with two attached hydrogens (primary N) is 2. The number of hydrazine groups is 1. The molecule has 0 aromatic carbocycles. The van der Waals surface area contributed by atoms with Gasteiger partial charge in [-0.25, -0.2) is 10.6 Å². The van der Waals surface area contributed by atoms with E-state index in [-0.39, 0.29) is 18.1 Å².